The van der Waals surface area contributed by atoms with E-state index in [-0.39, 0.29) is 17.9 Å². The lowest BCUT2D eigenvalue weighted by atomic mass is 10.0. The molecule has 2 fully saturated rings. The molecule has 1 N–H and O–H groups in total. The van der Waals surface area contributed by atoms with Crippen LogP contribution in [0.15, 0.2) is 24.3 Å². The molecule has 2 aliphatic heterocycles. The molecule has 3 rings (SSSR count). The highest BCUT2D eigenvalue weighted by Gasteiger charge is 2.26. The van der Waals surface area contributed by atoms with Crippen LogP contribution >= 0.6 is 0 Å². The second-order valence-corrected chi connectivity index (χ2v) is 7.21. The maximum Gasteiger partial charge on any atom is 0.256 e. The summed E-state index contributed by atoms with van der Waals surface area (Å²) in [4.78, 5) is 31.0. The first-order chi connectivity index (χ1) is 12.6. The normalized spacial score (nSPS) is 19.5. The summed E-state index contributed by atoms with van der Waals surface area (Å²) in [7, 11) is 0. The minimum Gasteiger partial charge on any atom is -0.371 e. The van der Waals surface area contributed by atoms with Crippen molar-refractivity contribution in [3.63, 3.8) is 0 Å². The van der Waals surface area contributed by atoms with E-state index in [2.05, 4.69) is 22.0 Å². The van der Waals surface area contributed by atoms with Crippen LogP contribution in [0, 0.1) is 0 Å². The average Bonchev–Trinajstić information content (AvgIpc) is 2.68. The Morgan fingerprint density at radius 2 is 1.69 bits per heavy atom. The highest BCUT2D eigenvalue weighted by molar-refractivity contribution is 6.00. The van der Waals surface area contributed by atoms with Gasteiger partial charge in [0, 0.05) is 57.9 Å². The number of rotatable bonds is 4. The molecule has 0 aliphatic carbocycles. The molecule has 0 aromatic heterocycles. The molecule has 142 valence electrons. The highest BCUT2D eigenvalue weighted by Crippen LogP contribution is 2.26. The first-order valence-corrected chi connectivity index (χ1v) is 9.71. The molecular weight excluding hydrogens is 328 g/mol. The number of hydrogen-bond acceptors (Lipinski definition) is 4. The van der Waals surface area contributed by atoms with Crippen LogP contribution in [-0.4, -0.2) is 73.5 Å². The van der Waals surface area contributed by atoms with E-state index < -0.39 is 0 Å². The quantitative estimate of drug-likeness (QED) is 0.888. The van der Waals surface area contributed by atoms with Gasteiger partial charge < -0.3 is 20.0 Å². The van der Waals surface area contributed by atoms with Crippen molar-refractivity contribution >= 4 is 17.5 Å². The molecule has 26 heavy (non-hydrogen) atoms. The molecule has 1 aromatic carbocycles. The Morgan fingerprint density at radius 3 is 2.31 bits per heavy atom. The lowest BCUT2D eigenvalue weighted by Crippen LogP contribution is -2.49. The summed E-state index contributed by atoms with van der Waals surface area (Å²) in [6.45, 7) is 9.99. The molecule has 2 amide bonds. The van der Waals surface area contributed by atoms with E-state index >= 15 is 0 Å². The monoisotopic (exact) mass is 358 g/mol. The predicted molar refractivity (Wildman–Crippen MR) is 104 cm³/mol. The molecule has 6 heteroatoms. The number of nitrogens with zero attached hydrogens (tertiary/aromatic N) is 3. The van der Waals surface area contributed by atoms with Crippen molar-refractivity contribution in [1.82, 2.24) is 15.1 Å². The van der Waals surface area contributed by atoms with Crippen LogP contribution in [0.25, 0.3) is 0 Å². The van der Waals surface area contributed by atoms with Crippen LogP contribution in [0.5, 0.6) is 0 Å². The van der Waals surface area contributed by atoms with Crippen molar-refractivity contribution in [2.24, 2.45) is 0 Å². The molecule has 2 aliphatic rings. The minimum absolute atomic E-state index is 0.0326. The van der Waals surface area contributed by atoms with Crippen molar-refractivity contribution in [3.05, 3.63) is 29.8 Å². The van der Waals surface area contributed by atoms with Gasteiger partial charge in [-0.1, -0.05) is 19.1 Å². The van der Waals surface area contributed by atoms with Crippen molar-refractivity contribution in [3.8, 4) is 0 Å². The minimum atomic E-state index is 0.0326. The number of para-hydroxylation sites is 1. The number of nitrogens with one attached hydrogen (secondary N) is 1. The van der Waals surface area contributed by atoms with Crippen molar-refractivity contribution < 1.29 is 9.59 Å². The standard InChI is InChI=1S/C20H30N4O2/c1-3-22-12-14-24(15-13-22)20(26)18-6-4-5-7-19(18)23-10-8-17(9-11-23)21-16(2)25/h4-7,17H,3,8-15H2,1-2H3,(H,21,25). The Balaban J connectivity index is 1.67. The van der Waals surface area contributed by atoms with E-state index in [4.69, 9.17) is 0 Å². The number of carbonyl (C=O) groups is 2. The summed E-state index contributed by atoms with van der Waals surface area (Å²) < 4.78 is 0. The van der Waals surface area contributed by atoms with Gasteiger partial charge in [-0.15, -0.1) is 0 Å². The Morgan fingerprint density at radius 1 is 1.04 bits per heavy atom. The second-order valence-electron chi connectivity index (χ2n) is 7.21. The molecule has 0 spiro atoms. The Labute approximate surface area is 156 Å². The van der Waals surface area contributed by atoms with Crippen LogP contribution < -0.4 is 10.2 Å². The number of benzene rings is 1. The van der Waals surface area contributed by atoms with Crippen LogP contribution in [0.2, 0.25) is 0 Å². The van der Waals surface area contributed by atoms with Gasteiger partial charge >= 0.3 is 0 Å². The zero-order valence-corrected chi connectivity index (χ0v) is 15.9. The summed E-state index contributed by atoms with van der Waals surface area (Å²) in [6.07, 6.45) is 1.83. The van der Waals surface area contributed by atoms with E-state index in [1.807, 2.05) is 29.2 Å². The summed E-state index contributed by atoms with van der Waals surface area (Å²) >= 11 is 0. The van der Waals surface area contributed by atoms with Gasteiger partial charge in [-0.25, -0.2) is 0 Å². The Kier molecular flexibility index (Phi) is 6.14. The highest BCUT2D eigenvalue weighted by atomic mass is 16.2. The van der Waals surface area contributed by atoms with Gasteiger partial charge in [0.1, 0.15) is 0 Å². The zero-order valence-electron chi connectivity index (χ0n) is 15.9. The van der Waals surface area contributed by atoms with Gasteiger partial charge in [0.2, 0.25) is 5.91 Å². The number of amides is 2. The van der Waals surface area contributed by atoms with E-state index in [1.54, 1.807) is 6.92 Å². The number of anilines is 1. The lowest BCUT2D eigenvalue weighted by Gasteiger charge is -2.37. The number of hydrogen-bond donors (Lipinski definition) is 1. The summed E-state index contributed by atoms with van der Waals surface area (Å²) in [5, 5.41) is 3.01. The van der Waals surface area contributed by atoms with Crippen LogP contribution in [0.3, 0.4) is 0 Å². The lowest BCUT2D eigenvalue weighted by molar-refractivity contribution is -0.119. The van der Waals surface area contributed by atoms with Crippen LogP contribution in [-0.2, 0) is 4.79 Å². The predicted octanol–water partition coefficient (Wildman–Crippen LogP) is 1.57. The first kappa shape index (κ1) is 18.7. The third-order valence-corrected chi connectivity index (χ3v) is 5.48. The maximum atomic E-state index is 13.1. The van der Waals surface area contributed by atoms with Gasteiger partial charge in [0.05, 0.1) is 5.56 Å². The number of likely N-dealkylation sites (N-methyl/N-ethyl adjacent to an activating group) is 1. The maximum absolute atomic E-state index is 13.1. The molecule has 0 unspecified atom stereocenters. The molecule has 2 saturated heterocycles. The van der Waals surface area contributed by atoms with Crippen molar-refractivity contribution in [2.45, 2.75) is 32.7 Å². The number of carbonyl (C=O) groups excluding carboxylic acids is 2. The van der Waals surface area contributed by atoms with Gasteiger partial charge in [-0.2, -0.15) is 0 Å². The molecule has 2 heterocycles. The van der Waals surface area contributed by atoms with Gasteiger partial charge in [0.25, 0.3) is 5.91 Å². The molecule has 1 aromatic rings. The fourth-order valence-electron chi connectivity index (χ4n) is 3.92. The smallest absolute Gasteiger partial charge is 0.256 e. The van der Waals surface area contributed by atoms with Crippen molar-refractivity contribution in [1.29, 1.82) is 0 Å². The molecule has 0 bridgehead atoms. The zero-order chi connectivity index (χ0) is 18.5. The summed E-state index contributed by atoms with van der Waals surface area (Å²) in [5.74, 6) is 0.172. The van der Waals surface area contributed by atoms with Crippen LogP contribution in [0.1, 0.15) is 37.0 Å². The number of piperazine rings is 1. The first-order valence-electron chi connectivity index (χ1n) is 9.71. The summed E-state index contributed by atoms with van der Waals surface area (Å²) in [6, 6.07) is 8.19. The van der Waals surface area contributed by atoms with E-state index in [9.17, 15) is 9.59 Å². The Hall–Kier alpha value is -2.08. The Bertz CT molecular complexity index is 632. The SMILES string of the molecule is CCN1CCN(C(=O)c2ccccc2N2CCC(NC(C)=O)CC2)CC1. The molecule has 0 saturated carbocycles. The molecule has 0 atom stereocenters. The largest absolute Gasteiger partial charge is 0.371 e. The third kappa shape index (κ3) is 4.36. The van der Waals surface area contributed by atoms with Gasteiger partial charge in [0.15, 0.2) is 0 Å². The molecular formula is C20H30N4O2. The average molecular weight is 358 g/mol. The number of piperidine rings is 1. The van der Waals surface area contributed by atoms with E-state index in [1.165, 1.54) is 0 Å². The third-order valence-electron chi connectivity index (χ3n) is 5.48. The van der Waals surface area contributed by atoms with Crippen LogP contribution in [0.4, 0.5) is 5.69 Å². The van der Waals surface area contributed by atoms with Gasteiger partial charge in [-0.3, -0.25) is 9.59 Å². The second kappa shape index (κ2) is 8.54. The van der Waals surface area contributed by atoms with E-state index in [0.717, 1.165) is 69.9 Å². The molecule has 6 nitrogen and oxygen atoms in total. The van der Waals surface area contributed by atoms with Gasteiger partial charge in [-0.05, 0) is 31.5 Å². The topological polar surface area (TPSA) is 55.9 Å². The van der Waals surface area contributed by atoms with E-state index in [0.29, 0.717) is 0 Å². The fourth-order valence-corrected chi connectivity index (χ4v) is 3.92. The van der Waals surface area contributed by atoms with Crippen molar-refractivity contribution in [2.75, 3.05) is 50.7 Å². The summed E-state index contributed by atoms with van der Waals surface area (Å²) in [5.41, 5.74) is 1.83. The fraction of sp³-hybridized carbons (Fsp3) is 0.600. The molecule has 0 radical (unpaired) electrons.